The first-order valence-corrected chi connectivity index (χ1v) is 17.6. The van der Waals surface area contributed by atoms with Crippen LogP contribution in [0.2, 0.25) is 0 Å². The second-order valence-corrected chi connectivity index (χ2v) is 13.4. The minimum absolute atomic E-state index is 0.0629. The molecule has 1 N–H and O–H groups in total. The number of non-ortho nitro benzene ring substituents is 1. The molecule has 2 atom stereocenters. The quantitative estimate of drug-likeness (QED) is 0.0798. The molecule has 0 aliphatic carbocycles. The molecule has 0 bridgehead atoms. The lowest BCUT2D eigenvalue weighted by molar-refractivity contribution is -0.841. The molecule has 7 rings (SSSR count). The Morgan fingerprint density at radius 1 is 0.922 bits per heavy atom. The largest absolute Gasteiger partial charge is 0.744 e. The van der Waals surface area contributed by atoms with Gasteiger partial charge in [-0.05, 0) is 61.0 Å². The van der Waals surface area contributed by atoms with Crippen molar-refractivity contribution in [1.29, 1.82) is 0 Å². The summed E-state index contributed by atoms with van der Waals surface area (Å²) >= 11 is 0. The van der Waals surface area contributed by atoms with E-state index in [-0.39, 0.29) is 21.7 Å². The molecule has 1 aliphatic rings. The van der Waals surface area contributed by atoms with Crippen molar-refractivity contribution in [3.05, 3.63) is 150 Å². The van der Waals surface area contributed by atoms with Crippen LogP contribution in [0.3, 0.4) is 0 Å². The van der Waals surface area contributed by atoms with Crippen LogP contribution in [0.1, 0.15) is 11.1 Å². The zero-order chi connectivity index (χ0) is 36.3. The van der Waals surface area contributed by atoms with E-state index >= 15 is 0 Å². The fraction of sp³-hybridized carbons (Fsp3) is 0.128. The Balaban J connectivity index is 0.000000349. The van der Waals surface area contributed by atoms with E-state index in [1.807, 2.05) is 74.7 Å². The van der Waals surface area contributed by atoms with Crippen molar-refractivity contribution in [2.45, 2.75) is 18.0 Å². The highest BCUT2D eigenvalue weighted by atomic mass is 32.2. The van der Waals surface area contributed by atoms with Crippen molar-refractivity contribution in [3.63, 3.8) is 0 Å². The van der Waals surface area contributed by atoms with Gasteiger partial charge in [0, 0.05) is 42.2 Å². The van der Waals surface area contributed by atoms with E-state index in [0.717, 1.165) is 60.9 Å². The first kappa shape index (κ1) is 34.9. The average molecular weight is 701 g/mol. The molecule has 12 heteroatoms. The predicted octanol–water partition coefficient (Wildman–Crippen LogP) is 6.34. The normalized spacial score (nSPS) is 15.5. The van der Waals surface area contributed by atoms with Gasteiger partial charge in [-0.25, -0.2) is 13.4 Å². The van der Waals surface area contributed by atoms with Gasteiger partial charge in [-0.2, -0.15) is 4.98 Å². The number of nitrogens with zero attached hydrogens (tertiary/aromatic N) is 5. The van der Waals surface area contributed by atoms with Crippen molar-refractivity contribution in [3.8, 4) is 11.3 Å². The summed E-state index contributed by atoms with van der Waals surface area (Å²) in [5.74, 6) is 1.69. The number of anilines is 1. The van der Waals surface area contributed by atoms with E-state index in [1.54, 1.807) is 24.3 Å². The van der Waals surface area contributed by atoms with Gasteiger partial charge in [0.2, 0.25) is 5.82 Å². The van der Waals surface area contributed by atoms with Gasteiger partial charge in [0.15, 0.2) is 6.17 Å². The van der Waals surface area contributed by atoms with Crippen LogP contribution in [0.5, 0.6) is 0 Å². The monoisotopic (exact) mass is 700 g/mol. The Hall–Kier alpha value is -5.95. The summed E-state index contributed by atoms with van der Waals surface area (Å²) in [5.41, 5.74) is 6.55. The summed E-state index contributed by atoms with van der Waals surface area (Å²) in [5, 5.41) is 12.5. The van der Waals surface area contributed by atoms with Crippen molar-refractivity contribution in [1.82, 2.24) is 14.5 Å². The van der Waals surface area contributed by atoms with Crippen LogP contribution < -0.4 is 9.80 Å². The maximum atomic E-state index is 11.7. The Kier molecular flexibility index (Phi) is 9.92. The SMILES string of the molecule is C=CCN1c2nc3ccccc3nc2[NH+](CC=C)C1C=Cc1c(-c2ccccc2)n(C)c2ccc([N+](=O)[O-])cc12.Cc1ccc(S(=O)(=O)[O-])cc1. The van der Waals surface area contributed by atoms with E-state index in [2.05, 4.69) is 46.9 Å². The zero-order valence-electron chi connectivity index (χ0n) is 28.1. The lowest BCUT2D eigenvalue weighted by Crippen LogP contribution is -3.11. The summed E-state index contributed by atoms with van der Waals surface area (Å²) in [7, 11) is -2.27. The first-order chi connectivity index (χ1) is 24.5. The molecule has 0 radical (unpaired) electrons. The number of nitrogens with one attached hydrogen (secondary N) is 1. The third kappa shape index (κ3) is 7.06. The van der Waals surface area contributed by atoms with Gasteiger partial charge < -0.3 is 9.12 Å². The molecular formula is C39H36N6O5S. The summed E-state index contributed by atoms with van der Waals surface area (Å²) < 4.78 is 33.3. The molecule has 4 aromatic carbocycles. The number of rotatable bonds is 9. The van der Waals surface area contributed by atoms with Crippen LogP contribution in [-0.2, 0) is 17.2 Å². The molecule has 0 spiro atoms. The van der Waals surface area contributed by atoms with Crippen LogP contribution in [0, 0.1) is 17.0 Å². The Morgan fingerprint density at radius 2 is 1.59 bits per heavy atom. The number of quaternary nitrogens is 1. The topological polar surface area (TPSA) is 139 Å². The van der Waals surface area contributed by atoms with Crippen molar-refractivity contribution in [2.24, 2.45) is 7.05 Å². The molecule has 6 aromatic rings. The van der Waals surface area contributed by atoms with Gasteiger partial charge in [-0.15, -0.1) is 6.58 Å². The molecule has 1 aliphatic heterocycles. The molecule has 0 saturated heterocycles. The van der Waals surface area contributed by atoms with Gasteiger partial charge in [-0.1, -0.05) is 72.8 Å². The van der Waals surface area contributed by atoms with Gasteiger partial charge in [-0.3, -0.25) is 19.9 Å². The number of hydrogen-bond donors (Lipinski definition) is 1. The number of aromatic nitrogens is 3. The summed E-state index contributed by atoms with van der Waals surface area (Å²) in [6.07, 6.45) is 7.86. The second kappa shape index (κ2) is 14.5. The van der Waals surface area contributed by atoms with E-state index in [4.69, 9.17) is 9.97 Å². The minimum Gasteiger partial charge on any atom is -0.744 e. The van der Waals surface area contributed by atoms with Crippen molar-refractivity contribution < 1.29 is 22.8 Å². The molecule has 51 heavy (non-hydrogen) atoms. The third-order valence-electron chi connectivity index (χ3n) is 8.75. The minimum atomic E-state index is -4.27. The number of para-hydroxylation sites is 2. The number of aryl methyl sites for hydroxylation is 2. The summed E-state index contributed by atoms with van der Waals surface area (Å²) in [4.78, 5) is 24.5. The van der Waals surface area contributed by atoms with Crippen LogP contribution in [0.15, 0.2) is 133 Å². The fourth-order valence-corrected chi connectivity index (χ4v) is 6.85. The Morgan fingerprint density at radius 3 is 2.22 bits per heavy atom. The number of hydrogen-bond acceptors (Lipinski definition) is 8. The number of nitro groups is 1. The van der Waals surface area contributed by atoms with Gasteiger partial charge in [0.25, 0.3) is 11.5 Å². The number of benzene rings is 4. The van der Waals surface area contributed by atoms with E-state index in [1.165, 1.54) is 12.1 Å². The second-order valence-electron chi connectivity index (χ2n) is 12.1. The van der Waals surface area contributed by atoms with Crippen LogP contribution in [0.25, 0.3) is 39.3 Å². The third-order valence-corrected chi connectivity index (χ3v) is 9.60. The molecule has 0 saturated carbocycles. The van der Waals surface area contributed by atoms with Gasteiger partial charge in [0.1, 0.15) is 16.7 Å². The molecule has 2 aromatic heterocycles. The Bertz CT molecular complexity index is 2350. The molecule has 2 unspecified atom stereocenters. The molecule has 0 fully saturated rings. The fourth-order valence-electron chi connectivity index (χ4n) is 6.38. The van der Waals surface area contributed by atoms with Gasteiger partial charge >= 0.3 is 0 Å². The van der Waals surface area contributed by atoms with E-state index in [9.17, 15) is 23.1 Å². The highest BCUT2D eigenvalue weighted by Crippen LogP contribution is 2.36. The van der Waals surface area contributed by atoms with Crippen molar-refractivity contribution >= 4 is 55.5 Å². The van der Waals surface area contributed by atoms with E-state index in [0.29, 0.717) is 13.1 Å². The highest BCUT2D eigenvalue weighted by Gasteiger charge is 2.41. The smallest absolute Gasteiger partial charge is 0.272 e. The van der Waals surface area contributed by atoms with Crippen molar-refractivity contribution in [2.75, 3.05) is 18.0 Å². The molecular weight excluding hydrogens is 665 g/mol. The lowest BCUT2D eigenvalue weighted by atomic mass is 10.0. The number of nitro benzene ring substituents is 1. The zero-order valence-corrected chi connectivity index (χ0v) is 29.0. The lowest BCUT2D eigenvalue weighted by Gasteiger charge is -2.23. The van der Waals surface area contributed by atoms with Crippen LogP contribution >= 0.6 is 0 Å². The van der Waals surface area contributed by atoms with Crippen LogP contribution in [0.4, 0.5) is 17.3 Å². The standard InChI is InChI=1S/C32H28N6O2.C7H8O3S/c1-4-19-36-29(37(20-5-2)32-31(36)33-26-13-9-10-14-27(26)34-32)18-16-24-25-21-23(38(39)40)15-17-28(25)35(3)30(24)22-11-7-6-8-12-22;1-6-2-4-7(5-3-6)11(8,9)10/h4-18,21,29H,1-2,19-20H2,3H3;2-5H,1H3,(H,8,9,10). The predicted molar refractivity (Wildman–Crippen MR) is 200 cm³/mol. The Labute approximate surface area is 296 Å². The molecule has 258 valence electrons. The highest BCUT2D eigenvalue weighted by molar-refractivity contribution is 7.85. The van der Waals surface area contributed by atoms with Crippen LogP contribution in [-0.4, -0.2) is 51.7 Å². The molecule has 3 heterocycles. The summed E-state index contributed by atoms with van der Waals surface area (Å²) in [6, 6.07) is 28.8. The van der Waals surface area contributed by atoms with E-state index < -0.39 is 10.1 Å². The maximum Gasteiger partial charge on any atom is 0.272 e. The summed E-state index contributed by atoms with van der Waals surface area (Å²) in [6.45, 7) is 11.1. The number of fused-ring (bicyclic) bond motifs is 3. The average Bonchev–Trinajstić information content (AvgIpc) is 3.56. The molecule has 0 amide bonds. The maximum absolute atomic E-state index is 11.7. The first-order valence-electron chi connectivity index (χ1n) is 16.2. The van der Waals surface area contributed by atoms with Gasteiger partial charge in [0.05, 0.1) is 26.5 Å². The molecule has 11 nitrogen and oxygen atoms in total.